The molecule has 0 radical (unpaired) electrons. The molecule has 2 N–H and O–H groups in total. The summed E-state index contributed by atoms with van der Waals surface area (Å²) in [4.78, 5) is 12.4. The number of alkyl halides is 3. The number of nitrogens with one attached hydrogen (secondary N) is 2. The molecular weight excluding hydrogens is 401 g/mol. The number of anilines is 2. The van der Waals surface area contributed by atoms with Gasteiger partial charge in [0, 0.05) is 12.2 Å². The van der Waals surface area contributed by atoms with Crippen LogP contribution >= 0.6 is 0 Å². The van der Waals surface area contributed by atoms with E-state index in [1.165, 1.54) is 18.2 Å². The highest BCUT2D eigenvalue weighted by atomic mass is 19.4. The van der Waals surface area contributed by atoms with Crippen molar-refractivity contribution in [1.29, 1.82) is 0 Å². The molecular formula is C21H25F3N2O4. The summed E-state index contributed by atoms with van der Waals surface area (Å²) in [6.07, 6.45) is -4.45. The molecule has 0 fully saturated rings. The number of carbonyl (C=O) groups excluding carboxylic acids is 1. The molecule has 0 aliphatic carbocycles. The number of esters is 1. The minimum Gasteiger partial charge on any atom is -0.460 e. The number of likely N-dealkylation sites (N-methyl/N-ethyl adjacent to an activating group) is 1. The summed E-state index contributed by atoms with van der Waals surface area (Å²) in [5.41, 5.74) is -0.00249. The summed E-state index contributed by atoms with van der Waals surface area (Å²) in [7, 11) is 1.83. The van der Waals surface area contributed by atoms with Gasteiger partial charge < -0.3 is 24.8 Å². The third-order valence-corrected chi connectivity index (χ3v) is 3.95. The standard InChI is InChI=1S/C21H25F3N2O4/c1-25-9-10-28-11-12-29-13-14-30-20(27)18-7-2-3-8-19(18)26-17-6-4-5-16(15-17)21(22,23)24/h2-8,15,25-26H,9-14H2,1H3. The van der Waals surface area contributed by atoms with Crippen molar-refractivity contribution < 1.29 is 32.2 Å². The number of carbonyl (C=O) groups is 1. The first-order valence-corrected chi connectivity index (χ1v) is 9.42. The summed E-state index contributed by atoms with van der Waals surface area (Å²) in [6.45, 7) is 2.43. The Morgan fingerprint density at radius 2 is 1.63 bits per heavy atom. The Kier molecular flexibility index (Phi) is 9.59. The molecule has 2 rings (SSSR count). The Bertz CT molecular complexity index is 800. The van der Waals surface area contributed by atoms with Crippen LogP contribution in [0.1, 0.15) is 15.9 Å². The zero-order chi connectivity index (χ0) is 21.8. The van der Waals surface area contributed by atoms with E-state index in [9.17, 15) is 18.0 Å². The van der Waals surface area contributed by atoms with E-state index in [4.69, 9.17) is 14.2 Å². The molecule has 0 saturated carbocycles. The SMILES string of the molecule is CNCCOCCOCCOC(=O)c1ccccc1Nc1cccc(C(F)(F)F)c1. The van der Waals surface area contributed by atoms with Crippen LogP contribution in [0.25, 0.3) is 0 Å². The zero-order valence-electron chi connectivity index (χ0n) is 16.6. The van der Waals surface area contributed by atoms with Crippen LogP contribution < -0.4 is 10.6 Å². The number of rotatable bonds is 12. The highest BCUT2D eigenvalue weighted by Gasteiger charge is 2.30. The lowest BCUT2D eigenvalue weighted by molar-refractivity contribution is -0.137. The monoisotopic (exact) mass is 426 g/mol. The Labute approximate surface area is 173 Å². The molecule has 0 aromatic heterocycles. The second-order valence-electron chi connectivity index (χ2n) is 6.21. The lowest BCUT2D eigenvalue weighted by atomic mass is 10.1. The molecule has 164 valence electrons. The highest BCUT2D eigenvalue weighted by Crippen LogP contribution is 2.31. The fraction of sp³-hybridized carbons (Fsp3) is 0.381. The molecule has 0 atom stereocenters. The van der Waals surface area contributed by atoms with Crippen LogP contribution in [0.5, 0.6) is 0 Å². The van der Waals surface area contributed by atoms with Gasteiger partial charge in [-0.2, -0.15) is 13.2 Å². The highest BCUT2D eigenvalue weighted by molar-refractivity contribution is 5.96. The predicted octanol–water partition coefficient (Wildman–Crippen LogP) is 3.86. The summed E-state index contributed by atoms with van der Waals surface area (Å²) >= 11 is 0. The average Bonchev–Trinajstić information content (AvgIpc) is 2.72. The van der Waals surface area contributed by atoms with E-state index in [0.717, 1.165) is 18.7 Å². The second kappa shape index (κ2) is 12.2. The molecule has 2 aromatic rings. The molecule has 0 aliphatic rings. The molecule has 30 heavy (non-hydrogen) atoms. The fourth-order valence-corrected chi connectivity index (χ4v) is 2.47. The first-order valence-electron chi connectivity index (χ1n) is 9.42. The van der Waals surface area contributed by atoms with Gasteiger partial charge in [0.1, 0.15) is 6.61 Å². The van der Waals surface area contributed by atoms with Crippen LogP contribution in [-0.4, -0.2) is 52.6 Å². The third-order valence-electron chi connectivity index (χ3n) is 3.95. The number of hydrogen-bond donors (Lipinski definition) is 2. The number of ether oxygens (including phenoxy) is 3. The van der Waals surface area contributed by atoms with E-state index in [0.29, 0.717) is 25.5 Å². The number of benzene rings is 2. The predicted molar refractivity (Wildman–Crippen MR) is 107 cm³/mol. The Morgan fingerprint density at radius 3 is 2.37 bits per heavy atom. The molecule has 0 amide bonds. The Balaban J connectivity index is 1.85. The van der Waals surface area contributed by atoms with Crippen LogP contribution in [0.2, 0.25) is 0 Å². The maximum atomic E-state index is 12.9. The minimum absolute atomic E-state index is 0.0489. The van der Waals surface area contributed by atoms with Gasteiger partial charge in [-0.25, -0.2) is 4.79 Å². The average molecular weight is 426 g/mol. The van der Waals surface area contributed by atoms with Gasteiger partial charge in [-0.1, -0.05) is 18.2 Å². The normalized spacial score (nSPS) is 11.3. The molecule has 0 spiro atoms. The molecule has 0 heterocycles. The molecule has 9 heteroatoms. The van der Waals surface area contributed by atoms with Crippen molar-refractivity contribution >= 4 is 17.3 Å². The van der Waals surface area contributed by atoms with E-state index >= 15 is 0 Å². The van der Waals surface area contributed by atoms with E-state index in [1.807, 2.05) is 7.05 Å². The second-order valence-corrected chi connectivity index (χ2v) is 6.21. The molecule has 0 saturated heterocycles. The van der Waals surface area contributed by atoms with E-state index in [1.54, 1.807) is 18.2 Å². The fourth-order valence-electron chi connectivity index (χ4n) is 2.47. The zero-order valence-corrected chi connectivity index (χ0v) is 16.6. The maximum absolute atomic E-state index is 12.9. The summed E-state index contributed by atoms with van der Waals surface area (Å²) in [5.74, 6) is -0.598. The molecule has 2 aromatic carbocycles. The molecule has 6 nitrogen and oxygen atoms in total. The van der Waals surface area contributed by atoms with Gasteiger partial charge in [-0.05, 0) is 37.4 Å². The topological polar surface area (TPSA) is 68.8 Å². The van der Waals surface area contributed by atoms with Crippen molar-refractivity contribution in [2.75, 3.05) is 51.9 Å². The van der Waals surface area contributed by atoms with Gasteiger partial charge in [0.2, 0.25) is 0 Å². The smallest absolute Gasteiger partial charge is 0.416 e. The quantitative estimate of drug-likeness (QED) is 0.397. The van der Waals surface area contributed by atoms with Gasteiger partial charge in [-0.15, -0.1) is 0 Å². The van der Waals surface area contributed by atoms with Crippen LogP contribution in [0, 0.1) is 0 Å². The van der Waals surface area contributed by atoms with E-state index < -0.39 is 17.7 Å². The van der Waals surface area contributed by atoms with Gasteiger partial charge >= 0.3 is 12.1 Å². The van der Waals surface area contributed by atoms with Crippen molar-refractivity contribution in [2.45, 2.75) is 6.18 Å². The summed E-state index contributed by atoms with van der Waals surface area (Å²) in [5, 5.41) is 5.80. The van der Waals surface area contributed by atoms with Gasteiger partial charge in [0.05, 0.1) is 43.2 Å². The van der Waals surface area contributed by atoms with Crippen molar-refractivity contribution in [2.24, 2.45) is 0 Å². The number of para-hydroxylation sites is 1. The lowest BCUT2D eigenvalue weighted by Gasteiger charge is -2.13. The van der Waals surface area contributed by atoms with Crippen LogP contribution in [0.4, 0.5) is 24.5 Å². The first kappa shape index (κ1) is 23.7. The van der Waals surface area contributed by atoms with Crippen molar-refractivity contribution in [3.05, 3.63) is 59.7 Å². The third kappa shape index (κ3) is 8.02. The Hall–Kier alpha value is -2.62. The molecule has 0 aliphatic heterocycles. The Morgan fingerprint density at radius 1 is 0.933 bits per heavy atom. The van der Waals surface area contributed by atoms with E-state index in [-0.39, 0.29) is 24.5 Å². The van der Waals surface area contributed by atoms with Crippen LogP contribution in [0.3, 0.4) is 0 Å². The van der Waals surface area contributed by atoms with E-state index in [2.05, 4.69) is 10.6 Å². The lowest BCUT2D eigenvalue weighted by Crippen LogP contribution is -2.17. The minimum atomic E-state index is -4.45. The summed E-state index contributed by atoms with van der Waals surface area (Å²) in [6, 6.07) is 11.2. The van der Waals surface area contributed by atoms with Gasteiger partial charge in [0.15, 0.2) is 0 Å². The van der Waals surface area contributed by atoms with Crippen LogP contribution in [0.15, 0.2) is 48.5 Å². The number of halogens is 3. The maximum Gasteiger partial charge on any atom is 0.416 e. The summed E-state index contributed by atoms with van der Waals surface area (Å²) < 4.78 is 54.5. The van der Waals surface area contributed by atoms with Crippen LogP contribution in [-0.2, 0) is 20.4 Å². The molecule has 0 bridgehead atoms. The molecule has 0 unspecified atom stereocenters. The number of hydrogen-bond acceptors (Lipinski definition) is 6. The van der Waals surface area contributed by atoms with Crippen molar-refractivity contribution in [1.82, 2.24) is 5.32 Å². The van der Waals surface area contributed by atoms with Gasteiger partial charge in [0.25, 0.3) is 0 Å². The van der Waals surface area contributed by atoms with Gasteiger partial charge in [-0.3, -0.25) is 0 Å². The first-order chi connectivity index (χ1) is 14.4. The van der Waals surface area contributed by atoms with Crippen molar-refractivity contribution in [3.63, 3.8) is 0 Å². The van der Waals surface area contributed by atoms with Crippen molar-refractivity contribution in [3.8, 4) is 0 Å². The largest absolute Gasteiger partial charge is 0.460 e.